The highest BCUT2D eigenvalue weighted by Gasteiger charge is 2.41. The van der Waals surface area contributed by atoms with Crippen molar-refractivity contribution in [1.82, 2.24) is 4.90 Å². The molecule has 0 saturated heterocycles. The molecule has 0 saturated carbocycles. The summed E-state index contributed by atoms with van der Waals surface area (Å²) in [4.78, 5) is 15.0. The number of nitrogens with zero attached hydrogens (tertiary/aromatic N) is 1. The molecule has 170 valence electrons. The number of amides is 1. The van der Waals surface area contributed by atoms with Gasteiger partial charge < -0.3 is 19.5 Å². The van der Waals surface area contributed by atoms with Crippen LogP contribution in [0.15, 0.2) is 78.6 Å². The van der Waals surface area contributed by atoms with Crippen molar-refractivity contribution in [3.63, 3.8) is 0 Å². The number of benzene rings is 3. The summed E-state index contributed by atoms with van der Waals surface area (Å²) >= 11 is 0. The molecule has 4 rings (SSSR count). The van der Waals surface area contributed by atoms with Gasteiger partial charge in [0.1, 0.15) is 11.5 Å². The Hall–Kier alpha value is -3.73. The molecule has 0 aliphatic carbocycles. The lowest BCUT2D eigenvalue weighted by atomic mass is 9.91. The van der Waals surface area contributed by atoms with E-state index in [4.69, 9.17) is 9.47 Å². The molecule has 1 heterocycles. The first-order chi connectivity index (χ1) is 15.9. The molecule has 0 aromatic heterocycles. The minimum atomic E-state index is -0.418. The van der Waals surface area contributed by atoms with Crippen molar-refractivity contribution in [3.05, 3.63) is 101 Å². The van der Waals surface area contributed by atoms with Gasteiger partial charge >= 0.3 is 0 Å². The fourth-order valence-electron chi connectivity index (χ4n) is 4.26. The SMILES string of the molecule is COc1ccc(C2=C(O)C(=O)N(Cc3cccc(OC)c3)C2c2ccc(C(C)C)cc2)cc1. The topological polar surface area (TPSA) is 59.0 Å². The lowest BCUT2D eigenvalue weighted by molar-refractivity contribution is -0.130. The maximum atomic E-state index is 13.3. The van der Waals surface area contributed by atoms with Gasteiger partial charge in [-0.2, -0.15) is 0 Å². The van der Waals surface area contributed by atoms with Crippen LogP contribution in [0.2, 0.25) is 0 Å². The quantitative estimate of drug-likeness (QED) is 0.495. The summed E-state index contributed by atoms with van der Waals surface area (Å²) in [6, 6.07) is 22.9. The van der Waals surface area contributed by atoms with Crippen LogP contribution in [-0.2, 0) is 11.3 Å². The van der Waals surface area contributed by atoms with Gasteiger partial charge in [-0.05, 0) is 52.4 Å². The van der Waals surface area contributed by atoms with Gasteiger partial charge in [0, 0.05) is 12.1 Å². The summed E-state index contributed by atoms with van der Waals surface area (Å²) < 4.78 is 10.6. The van der Waals surface area contributed by atoms with Crippen molar-refractivity contribution in [3.8, 4) is 11.5 Å². The maximum Gasteiger partial charge on any atom is 0.290 e. The molecule has 0 fully saturated rings. The molecule has 1 aliphatic heterocycles. The predicted molar refractivity (Wildman–Crippen MR) is 129 cm³/mol. The Kier molecular flexibility index (Phi) is 6.40. The fraction of sp³-hybridized carbons (Fsp3) is 0.250. The third kappa shape index (κ3) is 4.44. The van der Waals surface area contributed by atoms with Crippen LogP contribution in [0.25, 0.3) is 5.57 Å². The third-order valence-corrected chi connectivity index (χ3v) is 6.11. The lowest BCUT2D eigenvalue weighted by Gasteiger charge is -2.28. The molecule has 1 aliphatic rings. The Morgan fingerprint density at radius 3 is 2.18 bits per heavy atom. The van der Waals surface area contributed by atoms with Crippen LogP contribution in [-0.4, -0.2) is 30.1 Å². The number of carbonyl (C=O) groups excluding carboxylic acids is 1. The highest BCUT2D eigenvalue weighted by Crippen LogP contribution is 2.44. The second-order valence-electron chi connectivity index (χ2n) is 8.50. The Bertz CT molecular complexity index is 1160. The highest BCUT2D eigenvalue weighted by molar-refractivity contribution is 6.05. The van der Waals surface area contributed by atoms with E-state index in [1.165, 1.54) is 5.56 Å². The minimum Gasteiger partial charge on any atom is -0.503 e. The fourth-order valence-corrected chi connectivity index (χ4v) is 4.26. The van der Waals surface area contributed by atoms with E-state index in [2.05, 4.69) is 26.0 Å². The molecule has 0 bridgehead atoms. The molecule has 0 radical (unpaired) electrons. The molecule has 0 spiro atoms. The summed E-state index contributed by atoms with van der Waals surface area (Å²) in [6.07, 6.45) is 0. The normalized spacial score (nSPS) is 16.0. The van der Waals surface area contributed by atoms with E-state index >= 15 is 0 Å². The number of rotatable bonds is 7. The molecule has 3 aromatic carbocycles. The van der Waals surface area contributed by atoms with Gasteiger partial charge in [-0.3, -0.25) is 4.79 Å². The van der Waals surface area contributed by atoms with E-state index in [0.29, 0.717) is 23.8 Å². The average Bonchev–Trinajstić information content (AvgIpc) is 3.09. The van der Waals surface area contributed by atoms with Crippen molar-refractivity contribution >= 4 is 11.5 Å². The van der Waals surface area contributed by atoms with Crippen LogP contribution in [0.5, 0.6) is 11.5 Å². The Labute approximate surface area is 194 Å². The number of hydrogen-bond donors (Lipinski definition) is 1. The monoisotopic (exact) mass is 443 g/mol. The van der Waals surface area contributed by atoms with Gasteiger partial charge in [0.05, 0.1) is 20.3 Å². The first-order valence-corrected chi connectivity index (χ1v) is 11.0. The smallest absolute Gasteiger partial charge is 0.290 e. The van der Waals surface area contributed by atoms with Crippen molar-refractivity contribution < 1.29 is 19.4 Å². The Morgan fingerprint density at radius 1 is 0.909 bits per heavy atom. The third-order valence-electron chi connectivity index (χ3n) is 6.11. The molecule has 1 unspecified atom stereocenters. The van der Waals surface area contributed by atoms with Crippen molar-refractivity contribution in [1.29, 1.82) is 0 Å². The molecule has 3 aromatic rings. The lowest BCUT2D eigenvalue weighted by Crippen LogP contribution is -2.29. The molecule has 1 amide bonds. The number of ether oxygens (including phenoxy) is 2. The van der Waals surface area contributed by atoms with Crippen LogP contribution < -0.4 is 9.47 Å². The van der Waals surface area contributed by atoms with Crippen LogP contribution in [0.1, 0.15) is 48.1 Å². The van der Waals surface area contributed by atoms with Crippen molar-refractivity contribution in [2.75, 3.05) is 14.2 Å². The summed E-state index contributed by atoms with van der Waals surface area (Å²) in [5, 5.41) is 11.0. The summed E-state index contributed by atoms with van der Waals surface area (Å²) in [7, 11) is 3.23. The van der Waals surface area contributed by atoms with Gasteiger partial charge in [0.2, 0.25) is 0 Å². The van der Waals surface area contributed by atoms with E-state index in [0.717, 1.165) is 22.4 Å². The second-order valence-corrected chi connectivity index (χ2v) is 8.50. The van der Waals surface area contributed by atoms with Crippen molar-refractivity contribution in [2.24, 2.45) is 0 Å². The standard InChI is InChI=1S/C28H29NO4/c1-18(2)20-8-10-22(11-9-20)26-25(21-12-14-23(32-3)15-13-21)27(30)28(31)29(26)17-19-6-5-7-24(16-19)33-4/h5-16,18,26,30H,17H2,1-4H3. The highest BCUT2D eigenvalue weighted by atomic mass is 16.5. The molecule has 5 heteroatoms. The Balaban J connectivity index is 1.78. The zero-order chi connectivity index (χ0) is 23.5. The molecule has 1 atom stereocenters. The molecule has 33 heavy (non-hydrogen) atoms. The second kappa shape index (κ2) is 9.41. The summed E-state index contributed by atoms with van der Waals surface area (Å²) in [5.74, 6) is 1.24. The summed E-state index contributed by atoms with van der Waals surface area (Å²) in [5.41, 5.74) is 4.48. The van der Waals surface area contributed by atoms with E-state index in [9.17, 15) is 9.90 Å². The zero-order valence-corrected chi connectivity index (χ0v) is 19.4. The van der Waals surface area contributed by atoms with Gasteiger partial charge in [-0.1, -0.05) is 62.4 Å². The van der Waals surface area contributed by atoms with Crippen LogP contribution in [0.4, 0.5) is 0 Å². The van der Waals surface area contributed by atoms with Gasteiger partial charge in [0.15, 0.2) is 5.76 Å². The number of aliphatic hydroxyl groups is 1. The number of methoxy groups -OCH3 is 2. The maximum absolute atomic E-state index is 13.3. The molecular weight excluding hydrogens is 414 g/mol. The molecule has 5 nitrogen and oxygen atoms in total. The first kappa shape index (κ1) is 22.5. The van der Waals surface area contributed by atoms with E-state index in [1.54, 1.807) is 19.1 Å². The number of carbonyl (C=O) groups is 1. The largest absolute Gasteiger partial charge is 0.503 e. The van der Waals surface area contributed by atoms with Crippen LogP contribution in [0.3, 0.4) is 0 Å². The van der Waals surface area contributed by atoms with E-state index in [1.807, 2.05) is 60.7 Å². The van der Waals surface area contributed by atoms with Crippen LogP contribution in [0, 0.1) is 0 Å². The number of hydrogen-bond acceptors (Lipinski definition) is 4. The van der Waals surface area contributed by atoms with Gasteiger partial charge in [0.25, 0.3) is 5.91 Å². The van der Waals surface area contributed by atoms with E-state index < -0.39 is 6.04 Å². The summed E-state index contributed by atoms with van der Waals surface area (Å²) in [6.45, 7) is 4.64. The van der Waals surface area contributed by atoms with Crippen LogP contribution >= 0.6 is 0 Å². The molecule has 1 N–H and O–H groups in total. The zero-order valence-electron chi connectivity index (χ0n) is 19.4. The molecular formula is C28H29NO4. The van der Waals surface area contributed by atoms with Gasteiger partial charge in [-0.15, -0.1) is 0 Å². The Morgan fingerprint density at radius 2 is 1.58 bits per heavy atom. The minimum absolute atomic E-state index is 0.221. The van der Waals surface area contributed by atoms with Crippen molar-refractivity contribution in [2.45, 2.75) is 32.4 Å². The first-order valence-electron chi connectivity index (χ1n) is 11.0. The number of aliphatic hydroxyl groups excluding tert-OH is 1. The van der Waals surface area contributed by atoms with E-state index in [-0.39, 0.29) is 11.7 Å². The van der Waals surface area contributed by atoms with Gasteiger partial charge in [-0.25, -0.2) is 0 Å². The predicted octanol–water partition coefficient (Wildman–Crippen LogP) is 5.88. The average molecular weight is 444 g/mol.